The van der Waals surface area contributed by atoms with Gasteiger partial charge >= 0.3 is 5.97 Å². The van der Waals surface area contributed by atoms with Gasteiger partial charge in [0.25, 0.3) is 0 Å². The molecule has 2 aromatic heterocycles. The number of hydrogen-bond acceptors (Lipinski definition) is 4. The van der Waals surface area contributed by atoms with Gasteiger partial charge in [0, 0.05) is 12.8 Å². The van der Waals surface area contributed by atoms with Crippen LogP contribution in [-0.4, -0.2) is 32.9 Å². The molecule has 0 fully saturated rings. The molecular weight excluding hydrogens is 250 g/mol. The summed E-state index contributed by atoms with van der Waals surface area (Å²) < 4.78 is 6.94. The lowest BCUT2D eigenvalue weighted by Gasteiger charge is -2.00. The number of aryl methyl sites for hydroxylation is 1. The molecule has 1 N–H and O–H groups in total. The van der Waals surface area contributed by atoms with Gasteiger partial charge in [0.15, 0.2) is 10.8 Å². The SMILES string of the molecule is CCCSc1nc2[nH]c(C(=O)OCC)cc2n1C. The average molecular weight is 267 g/mol. The molecule has 6 heteroatoms. The number of esters is 1. The van der Waals surface area contributed by atoms with Gasteiger partial charge in [-0.15, -0.1) is 0 Å². The van der Waals surface area contributed by atoms with Crippen LogP contribution in [0.5, 0.6) is 0 Å². The van der Waals surface area contributed by atoms with Crippen molar-refractivity contribution < 1.29 is 9.53 Å². The van der Waals surface area contributed by atoms with Crippen LogP contribution < -0.4 is 0 Å². The molecule has 0 amide bonds. The van der Waals surface area contributed by atoms with Gasteiger partial charge in [-0.2, -0.15) is 0 Å². The quantitative estimate of drug-likeness (QED) is 0.668. The van der Waals surface area contributed by atoms with Crippen LogP contribution >= 0.6 is 11.8 Å². The van der Waals surface area contributed by atoms with Crippen molar-refractivity contribution in [3.05, 3.63) is 11.8 Å². The minimum Gasteiger partial charge on any atom is -0.461 e. The number of carbonyl (C=O) groups excluding carboxylic acids is 1. The Bertz CT molecular complexity index is 559. The largest absolute Gasteiger partial charge is 0.461 e. The van der Waals surface area contributed by atoms with Crippen molar-refractivity contribution in [2.75, 3.05) is 12.4 Å². The lowest BCUT2D eigenvalue weighted by atomic mass is 10.4. The van der Waals surface area contributed by atoms with E-state index in [1.807, 2.05) is 11.6 Å². The van der Waals surface area contributed by atoms with Crippen LogP contribution in [0.1, 0.15) is 30.8 Å². The number of hydrogen-bond donors (Lipinski definition) is 1. The second-order valence-electron chi connectivity index (χ2n) is 3.94. The average Bonchev–Trinajstić information content (AvgIpc) is 2.88. The first kappa shape index (κ1) is 13.0. The van der Waals surface area contributed by atoms with Crippen LogP contribution in [0.15, 0.2) is 11.2 Å². The molecule has 0 atom stereocenters. The lowest BCUT2D eigenvalue weighted by Crippen LogP contribution is -2.04. The number of thioether (sulfide) groups is 1. The Hall–Kier alpha value is -1.43. The Morgan fingerprint density at radius 2 is 2.33 bits per heavy atom. The number of H-pyrrole nitrogens is 1. The number of aromatic nitrogens is 3. The minimum atomic E-state index is -0.335. The van der Waals surface area contributed by atoms with Crippen LogP contribution in [-0.2, 0) is 11.8 Å². The van der Waals surface area contributed by atoms with Gasteiger partial charge in [-0.1, -0.05) is 18.7 Å². The van der Waals surface area contributed by atoms with E-state index in [1.54, 1.807) is 24.8 Å². The summed E-state index contributed by atoms with van der Waals surface area (Å²) in [4.78, 5) is 19.1. The number of nitrogens with zero attached hydrogens (tertiary/aromatic N) is 2. The fourth-order valence-corrected chi connectivity index (χ4v) is 2.52. The van der Waals surface area contributed by atoms with Crippen molar-refractivity contribution in [1.29, 1.82) is 0 Å². The van der Waals surface area contributed by atoms with E-state index in [-0.39, 0.29) is 5.97 Å². The number of aromatic amines is 1. The van der Waals surface area contributed by atoms with E-state index in [0.29, 0.717) is 12.3 Å². The number of ether oxygens (including phenoxy) is 1. The smallest absolute Gasteiger partial charge is 0.354 e. The number of imidazole rings is 1. The molecule has 2 rings (SSSR count). The highest BCUT2D eigenvalue weighted by atomic mass is 32.2. The second-order valence-corrected chi connectivity index (χ2v) is 5.00. The zero-order chi connectivity index (χ0) is 13.1. The fraction of sp³-hybridized carbons (Fsp3) is 0.500. The van der Waals surface area contributed by atoms with E-state index in [0.717, 1.165) is 28.5 Å². The molecular formula is C12H17N3O2S. The predicted octanol–water partition coefficient (Wildman–Crippen LogP) is 2.58. The summed E-state index contributed by atoms with van der Waals surface area (Å²) >= 11 is 1.72. The summed E-state index contributed by atoms with van der Waals surface area (Å²) in [6, 6.07) is 1.79. The van der Waals surface area contributed by atoms with Gasteiger partial charge in [-0.05, 0) is 19.4 Å². The zero-order valence-corrected chi connectivity index (χ0v) is 11.6. The summed E-state index contributed by atoms with van der Waals surface area (Å²) in [5, 5.41) is 0.966. The predicted molar refractivity (Wildman–Crippen MR) is 72.0 cm³/mol. The summed E-state index contributed by atoms with van der Waals surface area (Å²) in [5.74, 6) is 0.705. The first-order valence-electron chi connectivity index (χ1n) is 6.02. The van der Waals surface area contributed by atoms with Crippen LogP contribution in [0.2, 0.25) is 0 Å². The second kappa shape index (κ2) is 5.48. The maximum atomic E-state index is 11.6. The molecule has 0 radical (unpaired) electrons. The molecule has 0 unspecified atom stereocenters. The summed E-state index contributed by atoms with van der Waals surface area (Å²) in [7, 11) is 1.95. The third-order valence-corrected chi connectivity index (χ3v) is 3.80. The Kier molecular flexibility index (Phi) is 3.96. The van der Waals surface area contributed by atoms with Crippen molar-refractivity contribution in [3.8, 4) is 0 Å². The van der Waals surface area contributed by atoms with Crippen LogP contribution in [0.3, 0.4) is 0 Å². The Morgan fingerprint density at radius 1 is 1.56 bits per heavy atom. The molecule has 0 aliphatic carbocycles. The number of nitrogens with one attached hydrogen (secondary N) is 1. The van der Waals surface area contributed by atoms with Crippen molar-refractivity contribution in [2.45, 2.75) is 25.4 Å². The number of carbonyl (C=O) groups is 1. The minimum absolute atomic E-state index is 0.335. The fourth-order valence-electron chi connectivity index (χ4n) is 1.69. The lowest BCUT2D eigenvalue weighted by molar-refractivity contribution is 0.0520. The summed E-state index contributed by atoms with van der Waals surface area (Å²) in [6.45, 7) is 4.30. The van der Waals surface area contributed by atoms with Gasteiger partial charge in [0.05, 0.1) is 12.1 Å². The van der Waals surface area contributed by atoms with E-state index in [4.69, 9.17) is 4.74 Å². The Labute approximate surface area is 110 Å². The van der Waals surface area contributed by atoms with Gasteiger partial charge in [0.2, 0.25) is 0 Å². The molecule has 0 aliphatic rings. The van der Waals surface area contributed by atoms with Gasteiger partial charge in [-0.25, -0.2) is 9.78 Å². The molecule has 18 heavy (non-hydrogen) atoms. The van der Waals surface area contributed by atoms with E-state index in [1.165, 1.54) is 0 Å². The molecule has 0 spiro atoms. The van der Waals surface area contributed by atoms with Crippen LogP contribution in [0, 0.1) is 0 Å². The molecule has 2 heterocycles. The first-order chi connectivity index (χ1) is 8.67. The monoisotopic (exact) mass is 267 g/mol. The highest BCUT2D eigenvalue weighted by molar-refractivity contribution is 7.99. The highest BCUT2D eigenvalue weighted by Gasteiger charge is 2.15. The van der Waals surface area contributed by atoms with E-state index >= 15 is 0 Å². The topological polar surface area (TPSA) is 59.9 Å². The van der Waals surface area contributed by atoms with Crippen molar-refractivity contribution in [1.82, 2.24) is 14.5 Å². The highest BCUT2D eigenvalue weighted by Crippen LogP contribution is 2.23. The van der Waals surface area contributed by atoms with Crippen LogP contribution in [0.4, 0.5) is 0 Å². The molecule has 0 bridgehead atoms. The molecule has 98 valence electrons. The molecule has 0 saturated carbocycles. The summed E-state index contributed by atoms with van der Waals surface area (Å²) in [6.07, 6.45) is 1.11. The maximum Gasteiger partial charge on any atom is 0.354 e. The first-order valence-corrected chi connectivity index (χ1v) is 7.01. The van der Waals surface area contributed by atoms with Crippen molar-refractivity contribution >= 4 is 28.9 Å². The van der Waals surface area contributed by atoms with E-state index in [9.17, 15) is 4.79 Å². The van der Waals surface area contributed by atoms with Gasteiger partial charge < -0.3 is 14.3 Å². The van der Waals surface area contributed by atoms with Crippen molar-refractivity contribution in [2.24, 2.45) is 7.05 Å². The van der Waals surface area contributed by atoms with E-state index in [2.05, 4.69) is 16.9 Å². The van der Waals surface area contributed by atoms with E-state index < -0.39 is 0 Å². The van der Waals surface area contributed by atoms with Crippen LogP contribution in [0.25, 0.3) is 11.2 Å². The summed E-state index contributed by atoms with van der Waals surface area (Å²) in [5.41, 5.74) is 2.12. The zero-order valence-electron chi connectivity index (χ0n) is 10.8. The van der Waals surface area contributed by atoms with Crippen molar-refractivity contribution in [3.63, 3.8) is 0 Å². The molecule has 2 aromatic rings. The molecule has 0 saturated heterocycles. The number of fused-ring (bicyclic) bond motifs is 1. The Morgan fingerprint density at radius 3 is 2.94 bits per heavy atom. The molecule has 0 aromatic carbocycles. The number of rotatable bonds is 5. The molecule has 0 aliphatic heterocycles. The third kappa shape index (κ3) is 2.38. The Balaban J connectivity index is 2.28. The normalized spacial score (nSPS) is 11.1. The standard InChI is InChI=1S/C12H17N3O2S/c1-4-6-18-12-14-10-9(15(12)3)7-8(13-10)11(16)17-5-2/h7,13H,4-6H2,1-3H3. The third-order valence-electron chi connectivity index (χ3n) is 2.56. The molecule has 5 nitrogen and oxygen atoms in total. The van der Waals surface area contributed by atoms with Gasteiger partial charge in [-0.3, -0.25) is 0 Å². The maximum absolute atomic E-state index is 11.6. The van der Waals surface area contributed by atoms with Gasteiger partial charge in [0.1, 0.15) is 5.69 Å².